The van der Waals surface area contributed by atoms with Gasteiger partial charge < -0.3 is 9.73 Å². The highest BCUT2D eigenvalue weighted by Crippen LogP contribution is 2.18. The van der Waals surface area contributed by atoms with Gasteiger partial charge in [0.15, 0.2) is 0 Å². The lowest BCUT2D eigenvalue weighted by molar-refractivity contribution is 0.518. The van der Waals surface area contributed by atoms with Crippen LogP contribution in [0.15, 0.2) is 70.3 Å². The van der Waals surface area contributed by atoms with Crippen molar-refractivity contribution in [2.75, 3.05) is 10.0 Å². The highest BCUT2D eigenvalue weighted by Gasteiger charge is 2.14. The van der Waals surface area contributed by atoms with Gasteiger partial charge in [0, 0.05) is 5.02 Å². The molecule has 24 heavy (non-hydrogen) atoms. The zero-order valence-corrected chi connectivity index (χ0v) is 14.0. The average molecular weight is 364 g/mol. The minimum Gasteiger partial charge on any atom is -0.467 e. The molecule has 0 saturated heterocycles. The summed E-state index contributed by atoms with van der Waals surface area (Å²) in [6.45, 7) is 0.496. The Morgan fingerprint density at radius 1 is 1.08 bits per heavy atom. The summed E-state index contributed by atoms with van der Waals surface area (Å²) in [5.74, 6) is 1.39. The van der Waals surface area contributed by atoms with E-state index in [1.807, 2.05) is 6.07 Å². The fourth-order valence-electron chi connectivity index (χ4n) is 1.98. The second kappa shape index (κ2) is 6.94. The second-order valence-corrected chi connectivity index (χ2v) is 7.04. The molecule has 124 valence electrons. The average Bonchev–Trinajstić information content (AvgIpc) is 3.08. The number of pyridine rings is 1. The van der Waals surface area contributed by atoms with Gasteiger partial charge in [-0.15, -0.1) is 0 Å². The predicted octanol–water partition coefficient (Wildman–Crippen LogP) is 3.74. The molecule has 0 atom stereocenters. The molecule has 2 aromatic heterocycles. The molecule has 3 aromatic rings. The maximum absolute atomic E-state index is 12.3. The minimum absolute atomic E-state index is 0.131. The molecule has 8 heteroatoms. The molecule has 0 saturated carbocycles. The molecule has 0 radical (unpaired) electrons. The summed E-state index contributed by atoms with van der Waals surface area (Å²) in [6, 6.07) is 12.9. The Balaban J connectivity index is 1.66. The fraction of sp³-hybridized carbons (Fsp3) is 0.0625. The fourth-order valence-corrected chi connectivity index (χ4v) is 3.15. The Morgan fingerprint density at radius 2 is 1.88 bits per heavy atom. The molecule has 0 unspecified atom stereocenters. The highest BCUT2D eigenvalue weighted by atomic mass is 35.5. The summed E-state index contributed by atoms with van der Waals surface area (Å²) >= 11 is 5.77. The van der Waals surface area contributed by atoms with Crippen molar-refractivity contribution in [1.29, 1.82) is 0 Å². The lowest BCUT2D eigenvalue weighted by atomic mass is 10.4. The van der Waals surface area contributed by atoms with Crippen LogP contribution in [0.1, 0.15) is 5.76 Å². The number of nitrogens with one attached hydrogen (secondary N) is 2. The van der Waals surface area contributed by atoms with Gasteiger partial charge in [-0.3, -0.25) is 4.72 Å². The van der Waals surface area contributed by atoms with Crippen LogP contribution in [0.2, 0.25) is 5.02 Å². The molecule has 0 aliphatic carbocycles. The van der Waals surface area contributed by atoms with Crippen molar-refractivity contribution in [3.05, 3.63) is 71.8 Å². The number of furan rings is 1. The van der Waals surface area contributed by atoms with Crippen LogP contribution in [0.4, 0.5) is 11.5 Å². The molecule has 3 rings (SSSR count). The zero-order valence-electron chi connectivity index (χ0n) is 12.4. The highest BCUT2D eigenvalue weighted by molar-refractivity contribution is 7.92. The van der Waals surface area contributed by atoms with Crippen molar-refractivity contribution < 1.29 is 12.8 Å². The van der Waals surface area contributed by atoms with Crippen LogP contribution in [0.25, 0.3) is 0 Å². The van der Waals surface area contributed by atoms with Crippen LogP contribution in [0, 0.1) is 0 Å². The molecule has 2 heterocycles. The van der Waals surface area contributed by atoms with Crippen molar-refractivity contribution in [3.63, 3.8) is 0 Å². The molecule has 0 spiro atoms. The van der Waals surface area contributed by atoms with Gasteiger partial charge in [-0.2, -0.15) is 0 Å². The van der Waals surface area contributed by atoms with Crippen molar-refractivity contribution in [2.45, 2.75) is 11.4 Å². The van der Waals surface area contributed by atoms with Crippen molar-refractivity contribution >= 4 is 33.1 Å². The van der Waals surface area contributed by atoms with E-state index in [1.54, 1.807) is 24.5 Å². The first-order chi connectivity index (χ1) is 11.5. The summed E-state index contributed by atoms with van der Waals surface area (Å²) in [5.41, 5.74) is 0.369. The minimum atomic E-state index is -3.67. The van der Waals surface area contributed by atoms with E-state index in [0.29, 0.717) is 23.1 Å². The number of hydrogen-bond acceptors (Lipinski definition) is 5. The third-order valence-corrected chi connectivity index (χ3v) is 4.81. The number of nitrogens with zero attached hydrogens (tertiary/aromatic N) is 1. The van der Waals surface area contributed by atoms with Gasteiger partial charge in [-0.05, 0) is 48.5 Å². The van der Waals surface area contributed by atoms with E-state index in [4.69, 9.17) is 16.0 Å². The Kier molecular flexibility index (Phi) is 4.73. The largest absolute Gasteiger partial charge is 0.467 e. The van der Waals surface area contributed by atoms with Gasteiger partial charge in [0.25, 0.3) is 10.0 Å². The first kappa shape index (κ1) is 16.4. The molecular formula is C16H14ClN3O3S. The first-order valence-electron chi connectivity index (χ1n) is 7.04. The molecule has 6 nitrogen and oxygen atoms in total. The molecule has 0 amide bonds. The summed E-state index contributed by atoms with van der Waals surface area (Å²) in [7, 11) is -3.67. The lowest BCUT2D eigenvalue weighted by Gasteiger charge is -2.09. The standard InChI is InChI=1S/C16H14ClN3O3S/c17-12-3-6-15(7-4-12)24(21,22)20-13-5-8-16(18-10-13)19-11-14-2-1-9-23-14/h1-10,20H,11H2,(H,18,19). The second-order valence-electron chi connectivity index (χ2n) is 4.92. The summed E-state index contributed by atoms with van der Waals surface area (Å²) in [5, 5.41) is 3.55. The number of anilines is 2. The van der Waals surface area contributed by atoms with E-state index >= 15 is 0 Å². The third-order valence-electron chi connectivity index (χ3n) is 3.16. The lowest BCUT2D eigenvalue weighted by Crippen LogP contribution is -2.13. The number of halogens is 1. The maximum Gasteiger partial charge on any atom is 0.261 e. The topological polar surface area (TPSA) is 84.2 Å². The molecule has 0 aliphatic rings. The normalized spacial score (nSPS) is 11.2. The van der Waals surface area contributed by atoms with Crippen molar-refractivity contribution in [2.24, 2.45) is 0 Å². The van der Waals surface area contributed by atoms with E-state index in [2.05, 4.69) is 15.0 Å². The quantitative estimate of drug-likeness (QED) is 0.697. The number of aromatic nitrogens is 1. The molecule has 0 fully saturated rings. The number of benzene rings is 1. The Morgan fingerprint density at radius 3 is 2.50 bits per heavy atom. The monoisotopic (exact) mass is 363 g/mol. The molecule has 0 bridgehead atoms. The van der Waals surface area contributed by atoms with E-state index in [0.717, 1.165) is 5.76 Å². The summed E-state index contributed by atoms with van der Waals surface area (Å²) < 4.78 is 32.2. The van der Waals surface area contributed by atoms with Gasteiger partial charge in [0.1, 0.15) is 11.6 Å². The van der Waals surface area contributed by atoms with Crippen LogP contribution in [0.3, 0.4) is 0 Å². The third kappa shape index (κ3) is 4.06. The van der Waals surface area contributed by atoms with E-state index in [9.17, 15) is 8.42 Å². The molecular weight excluding hydrogens is 350 g/mol. The number of sulfonamides is 1. The van der Waals surface area contributed by atoms with Gasteiger partial charge in [-0.25, -0.2) is 13.4 Å². The van der Waals surface area contributed by atoms with Crippen LogP contribution >= 0.6 is 11.6 Å². The molecule has 2 N–H and O–H groups in total. The van der Waals surface area contributed by atoms with Gasteiger partial charge >= 0.3 is 0 Å². The summed E-state index contributed by atoms with van der Waals surface area (Å²) in [6.07, 6.45) is 3.04. The van der Waals surface area contributed by atoms with Crippen molar-refractivity contribution in [3.8, 4) is 0 Å². The van der Waals surface area contributed by atoms with Crippen LogP contribution in [-0.2, 0) is 16.6 Å². The number of hydrogen-bond donors (Lipinski definition) is 2. The van der Waals surface area contributed by atoms with Crippen LogP contribution in [0.5, 0.6) is 0 Å². The van der Waals surface area contributed by atoms with Crippen LogP contribution < -0.4 is 10.0 Å². The Bertz CT molecular complexity index is 893. The Hall–Kier alpha value is -2.51. The van der Waals surface area contributed by atoms with E-state index in [1.165, 1.54) is 30.5 Å². The van der Waals surface area contributed by atoms with Crippen molar-refractivity contribution in [1.82, 2.24) is 4.98 Å². The van der Waals surface area contributed by atoms with E-state index < -0.39 is 10.0 Å². The molecule has 1 aromatic carbocycles. The summed E-state index contributed by atoms with van der Waals surface area (Å²) in [4.78, 5) is 4.30. The Labute approximate surface area is 144 Å². The van der Waals surface area contributed by atoms with Crippen LogP contribution in [-0.4, -0.2) is 13.4 Å². The zero-order chi connectivity index (χ0) is 17.0. The maximum atomic E-state index is 12.3. The molecule has 0 aliphatic heterocycles. The SMILES string of the molecule is O=S(=O)(Nc1ccc(NCc2ccco2)nc1)c1ccc(Cl)cc1. The smallest absolute Gasteiger partial charge is 0.261 e. The van der Waals surface area contributed by atoms with Gasteiger partial charge in [0.2, 0.25) is 0 Å². The van der Waals surface area contributed by atoms with Gasteiger partial charge in [0.05, 0.1) is 29.6 Å². The predicted molar refractivity (Wildman–Crippen MR) is 92.5 cm³/mol. The number of rotatable bonds is 6. The van der Waals surface area contributed by atoms with Gasteiger partial charge in [-0.1, -0.05) is 11.6 Å². The first-order valence-corrected chi connectivity index (χ1v) is 8.90. The van der Waals surface area contributed by atoms with E-state index in [-0.39, 0.29) is 4.90 Å².